The lowest BCUT2D eigenvalue weighted by Gasteiger charge is -2.06. The number of furan rings is 1. The predicted octanol–water partition coefficient (Wildman–Crippen LogP) is 4.50. The molecule has 0 aliphatic carbocycles. The lowest BCUT2D eigenvalue weighted by Crippen LogP contribution is -2.28. The SMILES string of the molecule is CCCCCCCCCCNS(=O)(=O)CCc1cc(C)oc1C. The second-order valence-electron chi connectivity index (χ2n) is 6.38. The first-order valence-corrected chi connectivity index (χ1v) is 10.6. The smallest absolute Gasteiger partial charge is 0.211 e. The van der Waals surface area contributed by atoms with Gasteiger partial charge in [0.05, 0.1) is 5.75 Å². The lowest BCUT2D eigenvalue weighted by molar-refractivity contribution is 0.501. The quantitative estimate of drug-likeness (QED) is 0.536. The van der Waals surface area contributed by atoms with Crippen molar-refractivity contribution in [2.24, 2.45) is 0 Å². The third-order valence-electron chi connectivity index (χ3n) is 4.14. The molecule has 4 nitrogen and oxygen atoms in total. The summed E-state index contributed by atoms with van der Waals surface area (Å²) in [7, 11) is -3.18. The van der Waals surface area contributed by atoms with Crippen molar-refractivity contribution in [1.29, 1.82) is 0 Å². The molecule has 0 bridgehead atoms. The molecule has 0 aliphatic heterocycles. The number of aryl methyl sites for hydroxylation is 3. The third-order valence-corrected chi connectivity index (χ3v) is 5.52. The molecule has 0 saturated carbocycles. The molecule has 5 heteroatoms. The van der Waals surface area contributed by atoms with Crippen LogP contribution in [0.4, 0.5) is 0 Å². The van der Waals surface area contributed by atoms with Crippen LogP contribution >= 0.6 is 0 Å². The number of rotatable bonds is 13. The van der Waals surface area contributed by atoms with E-state index in [-0.39, 0.29) is 5.75 Å². The first-order chi connectivity index (χ1) is 10.9. The Balaban J connectivity index is 2.10. The second-order valence-corrected chi connectivity index (χ2v) is 8.30. The van der Waals surface area contributed by atoms with Crippen molar-refractivity contribution >= 4 is 10.0 Å². The van der Waals surface area contributed by atoms with Crippen LogP contribution in [-0.2, 0) is 16.4 Å². The highest BCUT2D eigenvalue weighted by Crippen LogP contribution is 2.14. The molecule has 1 aromatic rings. The van der Waals surface area contributed by atoms with E-state index in [0.717, 1.165) is 29.9 Å². The Bertz CT molecular complexity index is 534. The van der Waals surface area contributed by atoms with Gasteiger partial charge in [-0.25, -0.2) is 13.1 Å². The third kappa shape index (κ3) is 9.16. The van der Waals surface area contributed by atoms with Gasteiger partial charge < -0.3 is 4.42 Å². The van der Waals surface area contributed by atoms with E-state index in [2.05, 4.69) is 11.6 Å². The average Bonchev–Trinajstić information content (AvgIpc) is 2.81. The Kier molecular flexibility index (Phi) is 9.56. The minimum atomic E-state index is -3.18. The highest BCUT2D eigenvalue weighted by Gasteiger charge is 2.12. The molecule has 134 valence electrons. The molecule has 1 aromatic heterocycles. The van der Waals surface area contributed by atoms with Crippen molar-refractivity contribution in [2.45, 2.75) is 78.6 Å². The van der Waals surface area contributed by atoms with Crippen LogP contribution in [-0.4, -0.2) is 20.7 Å². The summed E-state index contributed by atoms with van der Waals surface area (Å²) in [5, 5.41) is 0. The first-order valence-electron chi connectivity index (χ1n) is 8.98. The van der Waals surface area contributed by atoms with E-state index in [0.29, 0.717) is 13.0 Å². The molecule has 0 saturated heterocycles. The molecule has 0 atom stereocenters. The van der Waals surface area contributed by atoms with E-state index >= 15 is 0 Å². The fraction of sp³-hybridized carbons (Fsp3) is 0.778. The zero-order valence-electron chi connectivity index (χ0n) is 15.0. The highest BCUT2D eigenvalue weighted by molar-refractivity contribution is 7.89. The summed E-state index contributed by atoms with van der Waals surface area (Å²) < 4.78 is 32.1. The van der Waals surface area contributed by atoms with Gasteiger partial charge in [-0.05, 0) is 38.3 Å². The maximum atomic E-state index is 12.0. The maximum Gasteiger partial charge on any atom is 0.211 e. The molecule has 1 rings (SSSR count). The van der Waals surface area contributed by atoms with Crippen molar-refractivity contribution in [2.75, 3.05) is 12.3 Å². The summed E-state index contributed by atoms with van der Waals surface area (Å²) in [6.07, 6.45) is 10.3. The van der Waals surface area contributed by atoms with Gasteiger partial charge in [-0.1, -0.05) is 51.9 Å². The molecule has 0 unspecified atom stereocenters. The van der Waals surface area contributed by atoms with E-state index in [4.69, 9.17) is 4.42 Å². The van der Waals surface area contributed by atoms with Gasteiger partial charge in [-0.2, -0.15) is 0 Å². The van der Waals surface area contributed by atoms with Crippen LogP contribution in [0, 0.1) is 13.8 Å². The molecule has 0 amide bonds. The van der Waals surface area contributed by atoms with E-state index in [1.807, 2.05) is 19.9 Å². The Morgan fingerprint density at radius 1 is 1.00 bits per heavy atom. The van der Waals surface area contributed by atoms with Crippen molar-refractivity contribution in [3.8, 4) is 0 Å². The number of hydrogen-bond donors (Lipinski definition) is 1. The Labute approximate surface area is 142 Å². The van der Waals surface area contributed by atoms with Crippen LogP contribution in [0.2, 0.25) is 0 Å². The number of unbranched alkanes of at least 4 members (excludes halogenated alkanes) is 7. The predicted molar refractivity (Wildman–Crippen MR) is 96.3 cm³/mol. The molecule has 0 fully saturated rings. The van der Waals surface area contributed by atoms with E-state index < -0.39 is 10.0 Å². The minimum Gasteiger partial charge on any atom is -0.466 e. The van der Waals surface area contributed by atoms with Gasteiger partial charge in [0, 0.05) is 6.54 Å². The van der Waals surface area contributed by atoms with Crippen molar-refractivity contribution in [3.63, 3.8) is 0 Å². The van der Waals surface area contributed by atoms with Crippen LogP contribution in [0.25, 0.3) is 0 Å². The second kappa shape index (κ2) is 10.9. The largest absolute Gasteiger partial charge is 0.466 e. The zero-order valence-corrected chi connectivity index (χ0v) is 15.8. The Morgan fingerprint density at radius 3 is 2.17 bits per heavy atom. The number of hydrogen-bond acceptors (Lipinski definition) is 3. The molecule has 1 N–H and O–H groups in total. The Hall–Kier alpha value is -0.810. The summed E-state index contributed by atoms with van der Waals surface area (Å²) >= 11 is 0. The first kappa shape index (κ1) is 20.2. The molecule has 0 aromatic carbocycles. The summed E-state index contributed by atoms with van der Waals surface area (Å²) in [6, 6.07) is 1.92. The topological polar surface area (TPSA) is 59.3 Å². The van der Waals surface area contributed by atoms with Crippen LogP contribution in [0.5, 0.6) is 0 Å². The Morgan fingerprint density at radius 2 is 1.61 bits per heavy atom. The molecule has 0 spiro atoms. The fourth-order valence-corrected chi connectivity index (χ4v) is 3.82. The summed E-state index contributed by atoms with van der Waals surface area (Å²) in [4.78, 5) is 0. The average molecular weight is 344 g/mol. The summed E-state index contributed by atoms with van der Waals surface area (Å²) in [6.45, 7) is 6.54. The minimum absolute atomic E-state index is 0.129. The van der Waals surface area contributed by atoms with Gasteiger partial charge in [-0.15, -0.1) is 0 Å². The number of nitrogens with one attached hydrogen (secondary N) is 1. The van der Waals surface area contributed by atoms with Crippen LogP contribution in [0.3, 0.4) is 0 Å². The normalized spacial score (nSPS) is 12.0. The summed E-state index contributed by atoms with van der Waals surface area (Å²) in [5.41, 5.74) is 0.986. The van der Waals surface area contributed by atoms with Gasteiger partial charge >= 0.3 is 0 Å². The van der Waals surface area contributed by atoms with Crippen molar-refractivity contribution in [1.82, 2.24) is 4.72 Å². The van der Waals surface area contributed by atoms with Gasteiger partial charge in [0.25, 0.3) is 0 Å². The van der Waals surface area contributed by atoms with Gasteiger partial charge in [-0.3, -0.25) is 0 Å². The molecule has 1 heterocycles. The fourth-order valence-electron chi connectivity index (χ4n) is 2.73. The lowest BCUT2D eigenvalue weighted by atomic mass is 10.1. The highest BCUT2D eigenvalue weighted by atomic mass is 32.2. The monoisotopic (exact) mass is 343 g/mol. The maximum absolute atomic E-state index is 12.0. The molecular formula is C18H33NO3S. The van der Waals surface area contributed by atoms with Crippen molar-refractivity contribution in [3.05, 3.63) is 23.2 Å². The molecule has 0 radical (unpaired) electrons. The van der Waals surface area contributed by atoms with Crippen LogP contribution < -0.4 is 4.72 Å². The van der Waals surface area contributed by atoms with Crippen LogP contribution in [0.15, 0.2) is 10.5 Å². The zero-order chi connectivity index (χ0) is 17.1. The van der Waals surface area contributed by atoms with Gasteiger partial charge in [0.1, 0.15) is 11.5 Å². The van der Waals surface area contributed by atoms with Gasteiger partial charge in [0.2, 0.25) is 10.0 Å². The van der Waals surface area contributed by atoms with Crippen LogP contribution in [0.1, 0.15) is 75.4 Å². The van der Waals surface area contributed by atoms with E-state index in [9.17, 15) is 8.42 Å². The van der Waals surface area contributed by atoms with E-state index in [1.165, 1.54) is 38.5 Å². The molecule has 0 aliphatic rings. The standard InChI is InChI=1S/C18H33NO3S/c1-4-5-6-7-8-9-10-11-13-19-23(20,21)14-12-18-15-16(2)22-17(18)3/h15,19H,4-14H2,1-3H3. The van der Waals surface area contributed by atoms with Crippen molar-refractivity contribution < 1.29 is 12.8 Å². The number of sulfonamides is 1. The van der Waals surface area contributed by atoms with Gasteiger partial charge in [0.15, 0.2) is 0 Å². The summed E-state index contributed by atoms with van der Waals surface area (Å²) in [5.74, 6) is 1.78. The van der Waals surface area contributed by atoms with E-state index in [1.54, 1.807) is 0 Å². The molecule has 23 heavy (non-hydrogen) atoms. The molecular weight excluding hydrogens is 310 g/mol.